The highest BCUT2D eigenvalue weighted by Crippen LogP contribution is 2.08. The van der Waals surface area contributed by atoms with Crippen molar-refractivity contribution in [2.75, 3.05) is 13.1 Å². The first-order chi connectivity index (χ1) is 8.51. The minimum atomic E-state index is -0.842. The molecule has 0 aliphatic carbocycles. The van der Waals surface area contributed by atoms with Crippen LogP contribution >= 0.6 is 0 Å². The molecule has 96 valence electrons. The maximum atomic E-state index is 10.8. The van der Waals surface area contributed by atoms with E-state index in [2.05, 4.69) is 4.98 Å². The van der Waals surface area contributed by atoms with Crippen LogP contribution in [0.25, 0.3) is 0 Å². The normalized spacial score (nSPS) is 10.6. The molecule has 1 heterocycles. The van der Waals surface area contributed by atoms with Gasteiger partial charge in [0.2, 0.25) is 0 Å². The SMILES string of the molecule is CC(C)CN(CC(=O)O)Cc1ccnc(C#N)c1. The van der Waals surface area contributed by atoms with E-state index in [0.717, 1.165) is 5.56 Å². The molecule has 1 N–H and O–H groups in total. The molecule has 1 rings (SSSR count). The molecule has 0 saturated carbocycles. The number of nitriles is 1. The molecule has 0 fully saturated rings. The number of aliphatic carboxylic acids is 1. The van der Waals surface area contributed by atoms with Crippen molar-refractivity contribution in [2.45, 2.75) is 20.4 Å². The van der Waals surface area contributed by atoms with Crippen LogP contribution in [0, 0.1) is 17.2 Å². The van der Waals surface area contributed by atoms with Gasteiger partial charge in [-0.2, -0.15) is 5.26 Å². The number of carboxylic acid groups (broad SMARTS) is 1. The third-order valence-corrected chi connectivity index (χ3v) is 2.33. The number of aromatic nitrogens is 1. The average Bonchev–Trinajstić information content (AvgIpc) is 2.27. The second-order valence-electron chi connectivity index (χ2n) is 4.62. The van der Waals surface area contributed by atoms with Crippen molar-refractivity contribution in [3.63, 3.8) is 0 Å². The van der Waals surface area contributed by atoms with E-state index in [9.17, 15) is 4.79 Å². The average molecular weight is 247 g/mol. The van der Waals surface area contributed by atoms with Crippen LogP contribution in [0.4, 0.5) is 0 Å². The van der Waals surface area contributed by atoms with Crippen molar-refractivity contribution in [3.8, 4) is 6.07 Å². The van der Waals surface area contributed by atoms with Crippen molar-refractivity contribution in [1.29, 1.82) is 5.26 Å². The summed E-state index contributed by atoms with van der Waals surface area (Å²) in [4.78, 5) is 16.5. The first kappa shape index (κ1) is 14.1. The Balaban J connectivity index is 2.75. The fraction of sp³-hybridized carbons (Fsp3) is 0.462. The van der Waals surface area contributed by atoms with Crippen LogP contribution in [-0.4, -0.2) is 34.0 Å². The maximum Gasteiger partial charge on any atom is 0.317 e. The van der Waals surface area contributed by atoms with Gasteiger partial charge in [0.1, 0.15) is 11.8 Å². The number of hydrogen-bond acceptors (Lipinski definition) is 4. The first-order valence-electron chi connectivity index (χ1n) is 5.80. The number of hydrogen-bond donors (Lipinski definition) is 1. The summed E-state index contributed by atoms with van der Waals surface area (Å²) >= 11 is 0. The van der Waals surface area contributed by atoms with E-state index >= 15 is 0 Å². The third kappa shape index (κ3) is 4.93. The van der Waals surface area contributed by atoms with Gasteiger partial charge >= 0.3 is 5.97 Å². The van der Waals surface area contributed by atoms with E-state index in [0.29, 0.717) is 24.7 Å². The van der Waals surface area contributed by atoms with Gasteiger partial charge in [0.25, 0.3) is 0 Å². The highest BCUT2D eigenvalue weighted by molar-refractivity contribution is 5.69. The highest BCUT2D eigenvalue weighted by Gasteiger charge is 2.12. The standard InChI is InChI=1S/C13H17N3O2/c1-10(2)7-16(9-13(17)18)8-11-3-4-15-12(5-11)6-14/h3-5,10H,7-9H2,1-2H3,(H,17,18). The quantitative estimate of drug-likeness (QED) is 0.824. The van der Waals surface area contributed by atoms with Gasteiger partial charge in [-0.3, -0.25) is 9.69 Å². The minimum absolute atomic E-state index is 0.00237. The Morgan fingerprint density at radius 2 is 2.33 bits per heavy atom. The van der Waals surface area contributed by atoms with E-state index in [1.165, 1.54) is 0 Å². The van der Waals surface area contributed by atoms with Gasteiger partial charge < -0.3 is 5.11 Å². The molecule has 0 radical (unpaired) electrons. The Kier molecular flexibility index (Phi) is 5.28. The van der Waals surface area contributed by atoms with Gasteiger partial charge in [0, 0.05) is 19.3 Å². The maximum absolute atomic E-state index is 10.8. The Bertz CT molecular complexity index is 452. The van der Waals surface area contributed by atoms with Crippen molar-refractivity contribution in [3.05, 3.63) is 29.6 Å². The summed E-state index contributed by atoms with van der Waals surface area (Å²) in [6.45, 7) is 5.31. The summed E-state index contributed by atoms with van der Waals surface area (Å²) in [5.41, 5.74) is 1.26. The van der Waals surface area contributed by atoms with Crippen LogP contribution in [0.5, 0.6) is 0 Å². The molecule has 1 aromatic heterocycles. The largest absolute Gasteiger partial charge is 0.480 e. The molecule has 0 saturated heterocycles. The minimum Gasteiger partial charge on any atom is -0.480 e. The Morgan fingerprint density at radius 1 is 1.61 bits per heavy atom. The number of rotatable bonds is 6. The zero-order valence-electron chi connectivity index (χ0n) is 10.6. The molecule has 0 atom stereocenters. The van der Waals surface area contributed by atoms with Crippen molar-refractivity contribution < 1.29 is 9.90 Å². The predicted molar refractivity (Wildman–Crippen MR) is 66.7 cm³/mol. The molecule has 0 spiro atoms. The lowest BCUT2D eigenvalue weighted by Gasteiger charge is -2.22. The van der Waals surface area contributed by atoms with E-state index in [1.54, 1.807) is 18.3 Å². The monoisotopic (exact) mass is 247 g/mol. The molecule has 1 aromatic rings. The second-order valence-corrected chi connectivity index (χ2v) is 4.62. The van der Waals surface area contributed by atoms with Crippen LogP contribution in [0.1, 0.15) is 25.1 Å². The lowest BCUT2D eigenvalue weighted by molar-refractivity contribution is -0.138. The highest BCUT2D eigenvalue weighted by atomic mass is 16.4. The second kappa shape index (κ2) is 6.72. The lowest BCUT2D eigenvalue weighted by atomic mass is 10.1. The molecule has 5 heteroatoms. The van der Waals surface area contributed by atoms with Crippen molar-refractivity contribution in [1.82, 2.24) is 9.88 Å². The van der Waals surface area contributed by atoms with Crippen LogP contribution in [0.15, 0.2) is 18.3 Å². The van der Waals surface area contributed by atoms with Gasteiger partial charge in [-0.15, -0.1) is 0 Å². The number of carbonyl (C=O) groups is 1. The fourth-order valence-corrected chi connectivity index (χ4v) is 1.78. The van der Waals surface area contributed by atoms with Crippen LogP contribution in [0.3, 0.4) is 0 Å². The summed E-state index contributed by atoms with van der Waals surface area (Å²) in [5.74, 6) is -0.452. The Hall–Kier alpha value is -1.93. The molecule has 0 bridgehead atoms. The van der Waals surface area contributed by atoms with Gasteiger partial charge in [-0.1, -0.05) is 13.8 Å². The van der Waals surface area contributed by atoms with Crippen molar-refractivity contribution >= 4 is 5.97 Å². The molecule has 18 heavy (non-hydrogen) atoms. The fourth-order valence-electron chi connectivity index (χ4n) is 1.78. The predicted octanol–water partition coefficient (Wildman–Crippen LogP) is 1.50. The molecule has 0 aliphatic heterocycles. The molecular formula is C13H17N3O2. The Labute approximate surface area is 107 Å². The molecule has 5 nitrogen and oxygen atoms in total. The Morgan fingerprint density at radius 3 is 2.89 bits per heavy atom. The topological polar surface area (TPSA) is 77.2 Å². The zero-order valence-corrected chi connectivity index (χ0v) is 10.6. The number of pyridine rings is 1. The smallest absolute Gasteiger partial charge is 0.317 e. The third-order valence-electron chi connectivity index (χ3n) is 2.33. The van der Waals surface area contributed by atoms with Gasteiger partial charge in [-0.25, -0.2) is 4.98 Å². The molecule has 0 unspecified atom stereocenters. The van der Waals surface area contributed by atoms with Gasteiger partial charge in [0.05, 0.1) is 6.54 Å². The zero-order chi connectivity index (χ0) is 13.5. The van der Waals surface area contributed by atoms with E-state index < -0.39 is 5.97 Å². The summed E-state index contributed by atoms with van der Waals surface area (Å²) in [5, 5.41) is 17.6. The lowest BCUT2D eigenvalue weighted by Crippen LogP contribution is -2.32. The van der Waals surface area contributed by atoms with Crippen molar-refractivity contribution in [2.24, 2.45) is 5.92 Å². The molecular weight excluding hydrogens is 230 g/mol. The van der Waals surface area contributed by atoms with Crippen LogP contribution in [0.2, 0.25) is 0 Å². The van der Waals surface area contributed by atoms with Gasteiger partial charge in [0.15, 0.2) is 0 Å². The van der Waals surface area contributed by atoms with E-state index in [-0.39, 0.29) is 6.54 Å². The van der Waals surface area contributed by atoms with Crippen LogP contribution in [-0.2, 0) is 11.3 Å². The number of nitrogens with zero attached hydrogens (tertiary/aromatic N) is 3. The van der Waals surface area contributed by atoms with Crippen LogP contribution < -0.4 is 0 Å². The summed E-state index contributed by atoms with van der Waals surface area (Å²) in [7, 11) is 0. The summed E-state index contributed by atoms with van der Waals surface area (Å²) in [6, 6.07) is 5.47. The van der Waals surface area contributed by atoms with Gasteiger partial charge in [-0.05, 0) is 23.6 Å². The molecule has 0 amide bonds. The summed E-state index contributed by atoms with van der Waals surface area (Å²) < 4.78 is 0. The number of carboxylic acids is 1. The molecule has 0 aliphatic rings. The van der Waals surface area contributed by atoms with E-state index in [1.807, 2.05) is 24.8 Å². The first-order valence-corrected chi connectivity index (χ1v) is 5.80. The van der Waals surface area contributed by atoms with E-state index in [4.69, 9.17) is 10.4 Å². The molecule has 0 aromatic carbocycles. The summed E-state index contributed by atoms with van der Waals surface area (Å²) in [6.07, 6.45) is 1.57.